The Kier molecular flexibility index (Phi) is 3.88. The molecule has 3 heterocycles. The van der Waals surface area contributed by atoms with Gasteiger partial charge in [-0.2, -0.15) is 0 Å². The first-order chi connectivity index (χ1) is 11.6. The third-order valence-corrected chi connectivity index (χ3v) is 5.27. The average molecular weight is 325 g/mol. The van der Waals surface area contributed by atoms with Crippen LogP contribution in [-0.4, -0.2) is 36.1 Å². The number of carbonyl (C=O) groups is 1. The van der Waals surface area contributed by atoms with Gasteiger partial charge < -0.3 is 15.4 Å². The number of nitrogens with zero attached hydrogens (tertiary/aromatic N) is 1. The molecule has 2 saturated heterocycles. The first-order valence-electron chi connectivity index (χ1n) is 8.64. The molecule has 4 rings (SSSR count). The Hall–Kier alpha value is -2.14. The van der Waals surface area contributed by atoms with Gasteiger partial charge in [-0.15, -0.1) is 0 Å². The number of benzene rings is 1. The highest BCUT2D eigenvalue weighted by molar-refractivity contribution is 5.99. The standard InChI is InChI=1S/C19H23N3O2/c1-11-17(7-12-3-6-16(24-2)10-18(12)20-11)19(23)22-15-8-13-4-5-14(9-15)21-13/h3,6-7,10,13-15,21H,4-5,8-9H2,1-2H3,(H,22,23). The van der Waals surface area contributed by atoms with E-state index in [0.717, 1.165) is 35.2 Å². The molecule has 1 amide bonds. The average Bonchev–Trinajstić information content (AvgIpc) is 2.92. The molecule has 0 spiro atoms. The number of pyridine rings is 1. The summed E-state index contributed by atoms with van der Waals surface area (Å²) in [6.07, 6.45) is 4.52. The van der Waals surface area contributed by atoms with Gasteiger partial charge in [0.1, 0.15) is 5.75 Å². The van der Waals surface area contributed by atoms with Crippen LogP contribution in [0, 0.1) is 6.92 Å². The van der Waals surface area contributed by atoms with Crippen molar-refractivity contribution in [1.82, 2.24) is 15.6 Å². The van der Waals surface area contributed by atoms with Crippen LogP contribution in [0.1, 0.15) is 41.7 Å². The minimum absolute atomic E-state index is 0.0102. The summed E-state index contributed by atoms with van der Waals surface area (Å²) >= 11 is 0. The van der Waals surface area contributed by atoms with Gasteiger partial charge in [-0.25, -0.2) is 0 Å². The molecule has 126 valence electrons. The number of amides is 1. The van der Waals surface area contributed by atoms with E-state index in [-0.39, 0.29) is 11.9 Å². The molecule has 2 unspecified atom stereocenters. The SMILES string of the molecule is COc1ccc2cc(C(=O)NC3CC4CCC(C3)N4)c(C)nc2c1. The largest absolute Gasteiger partial charge is 0.497 e. The molecule has 2 bridgehead atoms. The number of hydrogen-bond donors (Lipinski definition) is 2. The Balaban J connectivity index is 1.56. The summed E-state index contributed by atoms with van der Waals surface area (Å²) in [5.41, 5.74) is 2.27. The molecule has 5 heteroatoms. The van der Waals surface area contributed by atoms with Crippen molar-refractivity contribution in [3.63, 3.8) is 0 Å². The van der Waals surface area contributed by atoms with Crippen molar-refractivity contribution in [3.05, 3.63) is 35.5 Å². The van der Waals surface area contributed by atoms with Gasteiger partial charge in [-0.05, 0) is 50.8 Å². The van der Waals surface area contributed by atoms with Crippen molar-refractivity contribution in [2.45, 2.75) is 50.7 Å². The normalized spacial score (nSPS) is 25.7. The summed E-state index contributed by atoms with van der Waals surface area (Å²) in [6, 6.07) is 9.07. The number of rotatable bonds is 3. The lowest BCUT2D eigenvalue weighted by Gasteiger charge is -2.29. The molecule has 24 heavy (non-hydrogen) atoms. The maximum atomic E-state index is 12.7. The zero-order valence-corrected chi connectivity index (χ0v) is 14.1. The van der Waals surface area contributed by atoms with E-state index in [1.807, 2.05) is 31.2 Å². The maximum absolute atomic E-state index is 12.7. The number of nitrogens with one attached hydrogen (secondary N) is 2. The molecule has 2 atom stereocenters. The predicted octanol–water partition coefficient (Wildman–Crippen LogP) is 2.56. The topological polar surface area (TPSA) is 63.2 Å². The van der Waals surface area contributed by atoms with Crippen LogP contribution in [0.5, 0.6) is 5.75 Å². The van der Waals surface area contributed by atoms with Crippen LogP contribution in [-0.2, 0) is 0 Å². The van der Waals surface area contributed by atoms with Gasteiger partial charge in [0.05, 0.1) is 23.9 Å². The van der Waals surface area contributed by atoms with Crippen LogP contribution in [0.2, 0.25) is 0 Å². The van der Waals surface area contributed by atoms with Crippen LogP contribution >= 0.6 is 0 Å². The number of fused-ring (bicyclic) bond motifs is 3. The molecule has 2 aliphatic heterocycles. The van der Waals surface area contributed by atoms with E-state index in [1.165, 1.54) is 12.8 Å². The molecule has 2 fully saturated rings. The zero-order chi connectivity index (χ0) is 16.7. The summed E-state index contributed by atoms with van der Waals surface area (Å²) in [5.74, 6) is 0.765. The number of ether oxygens (including phenoxy) is 1. The molecule has 0 radical (unpaired) electrons. The highest BCUT2D eigenvalue weighted by Crippen LogP contribution is 2.27. The van der Waals surface area contributed by atoms with Crippen LogP contribution in [0.25, 0.3) is 10.9 Å². The Morgan fingerprint density at radius 1 is 1.25 bits per heavy atom. The van der Waals surface area contributed by atoms with Crippen molar-refractivity contribution >= 4 is 16.8 Å². The zero-order valence-electron chi connectivity index (χ0n) is 14.1. The van der Waals surface area contributed by atoms with E-state index < -0.39 is 0 Å². The van der Waals surface area contributed by atoms with Crippen molar-refractivity contribution < 1.29 is 9.53 Å². The van der Waals surface area contributed by atoms with E-state index in [2.05, 4.69) is 15.6 Å². The predicted molar refractivity (Wildman–Crippen MR) is 93.5 cm³/mol. The fraction of sp³-hybridized carbons (Fsp3) is 0.474. The van der Waals surface area contributed by atoms with Crippen LogP contribution in [0.4, 0.5) is 0 Å². The second-order valence-corrected chi connectivity index (χ2v) is 6.96. The molecule has 2 N–H and O–H groups in total. The molecule has 2 aliphatic rings. The molecule has 2 aromatic rings. The molecular formula is C19H23N3O2. The minimum atomic E-state index is -0.0102. The second kappa shape index (κ2) is 6.06. The fourth-order valence-corrected chi connectivity index (χ4v) is 4.04. The smallest absolute Gasteiger partial charge is 0.253 e. The molecule has 5 nitrogen and oxygen atoms in total. The van der Waals surface area contributed by atoms with Gasteiger partial charge in [0.2, 0.25) is 0 Å². The number of aryl methyl sites for hydroxylation is 1. The first kappa shape index (κ1) is 15.4. The molecular weight excluding hydrogens is 302 g/mol. The fourth-order valence-electron chi connectivity index (χ4n) is 4.04. The Morgan fingerprint density at radius 3 is 2.71 bits per heavy atom. The second-order valence-electron chi connectivity index (χ2n) is 6.96. The quantitative estimate of drug-likeness (QED) is 0.910. The van der Waals surface area contributed by atoms with Gasteiger partial charge in [0.15, 0.2) is 0 Å². The monoisotopic (exact) mass is 325 g/mol. The van der Waals surface area contributed by atoms with E-state index in [4.69, 9.17) is 4.74 Å². The van der Waals surface area contributed by atoms with Crippen LogP contribution in [0.15, 0.2) is 24.3 Å². The molecule has 0 saturated carbocycles. The summed E-state index contributed by atoms with van der Waals surface area (Å²) < 4.78 is 5.24. The Bertz CT molecular complexity index is 778. The van der Waals surface area contributed by atoms with E-state index in [1.54, 1.807) is 7.11 Å². The summed E-state index contributed by atoms with van der Waals surface area (Å²) in [7, 11) is 1.64. The number of methoxy groups -OCH3 is 1. The lowest BCUT2D eigenvalue weighted by molar-refractivity contribution is 0.0923. The highest BCUT2D eigenvalue weighted by atomic mass is 16.5. The highest BCUT2D eigenvalue weighted by Gasteiger charge is 2.34. The minimum Gasteiger partial charge on any atom is -0.497 e. The van der Waals surface area contributed by atoms with Gasteiger partial charge in [-0.3, -0.25) is 9.78 Å². The van der Waals surface area contributed by atoms with Crippen molar-refractivity contribution in [2.24, 2.45) is 0 Å². The number of aromatic nitrogens is 1. The van der Waals surface area contributed by atoms with E-state index in [0.29, 0.717) is 17.6 Å². The van der Waals surface area contributed by atoms with Gasteiger partial charge in [0.25, 0.3) is 5.91 Å². The lowest BCUT2D eigenvalue weighted by Crippen LogP contribution is -2.48. The summed E-state index contributed by atoms with van der Waals surface area (Å²) in [4.78, 5) is 17.3. The van der Waals surface area contributed by atoms with E-state index >= 15 is 0 Å². The summed E-state index contributed by atoms with van der Waals surface area (Å²) in [6.45, 7) is 1.89. The van der Waals surface area contributed by atoms with Gasteiger partial charge >= 0.3 is 0 Å². The first-order valence-corrected chi connectivity index (χ1v) is 8.64. The maximum Gasteiger partial charge on any atom is 0.253 e. The van der Waals surface area contributed by atoms with Crippen LogP contribution in [0.3, 0.4) is 0 Å². The molecule has 1 aromatic heterocycles. The number of hydrogen-bond acceptors (Lipinski definition) is 4. The summed E-state index contributed by atoms with van der Waals surface area (Å²) in [5, 5.41) is 7.78. The van der Waals surface area contributed by atoms with Gasteiger partial charge in [-0.1, -0.05) is 0 Å². The van der Waals surface area contributed by atoms with Crippen LogP contribution < -0.4 is 15.4 Å². The molecule has 1 aromatic carbocycles. The van der Waals surface area contributed by atoms with Crippen molar-refractivity contribution in [3.8, 4) is 5.75 Å². The lowest BCUT2D eigenvalue weighted by atomic mass is 9.99. The third kappa shape index (κ3) is 2.84. The van der Waals surface area contributed by atoms with Gasteiger partial charge in [0, 0.05) is 29.6 Å². The number of carbonyl (C=O) groups excluding carboxylic acids is 1. The van der Waals surface area contributed by atoms with Crippen molar-refractivity contribution in [1.29, 1.82) is 0 Å². The Labute approximate surface area is 141 Å². The Morgan fingerprint density at radius 2 is 2.00 bits per heavy atom. The third-order valence-electron chi connectivity index (χ3n) is 5.27. The number of piperidine rings is 1. The molecule has 0 aliphatic carbocycles. The van der Waals surface area contributed by atoms with E-state index in [9.17, 15) is 4.79 Å². The van der Waals surface area contributed by atoms with Crippen molar-refractivity contribution in [2.75, 3.05) is 7.11 Å².